The van der Waals surface area contributed by atoms with Gasteiger partial charge in [0.2, 0.25) is 0 Å². The zero-order valence-corrected chi connectivity index (χ0v) is 13.8. The fraction of sp³-hybridized carbons (Fsp3) is 0.188. The molecule has 0 bridgehead atoms. The summed E-state index contributed by atoms with van der Waals surface area (Å²) in [6.07, 6.45) is 3.08. The Labute approximate surface area is 143 Å². The maximum atomic E-state index is 12.3. The van der Waals surface area contributed by atoms with Crippen molar-refractivity contribution in [3.05, 3.63) is 47.4 Å². The Bertz CT molecular complexity index is 684. The van der Waals surface area contributed by atoms with Gasteiger partial charge < -0.3 is 14.6 Å². The molecule has 5 nitrogen and oxygen atoms in total. The molecule has 0 radical (unpaired) electrons. The van der Waals surface area contributed by atoms with Crippen molar-refractivity contribution in [1.82, 2.24) is 4.90 Å². The monoisotopic (exact) mass is 348 g/mol. The first kappa shape index (κ1) is 17.2. The summed E-state index contributed by atoms with van der Waals surface area (Å²) >= 11 is 6.28. The van der Waals surface area contributed by atoms with Crippen LogP contribution in [0.1, 0.15) is 12.0 Å². The topological polar surface area (TPSA) is 69.7 Å². The van der Waals surface area contributed by atoms with E-state index in [9.17, 15) is 14.7 Å². The number of carboxylic acid groups (broad SMARTS) is 1. The number of hydrogen-bond donors (Lipinski definition) is 0. The molecule has 0 atom stereocenters. The van der Waals surface area contributed by atoms with Crippen LogP contribution in [0.25, 0.3) is 6.08 Å². The van der Waals surface area contributed by atoms with Gasteiger partial charge in [0.1, 0.15) is 16.7 Å². The molecule has 0 aromatic heterocycles. The Morgan fingerprint density at radius 3 is 2.87 bits per heavy atom. The summed E-state index contributed by atoms with van der Waals surface area (Å²) in [5, 5.41) is 10.5. The Balaban J connectivity index is 2.20. The highest BCUT2D eigenvalue weighted by Gasteiger charge is 2.31. The molecule has 0 spiro atoms. The smallest absolute Gasteiger partial charge is 0.266 e. The van der Waals surface area contributed by atoms with Crippen LogP contribution in [-0.4, -0.2) is 34.2 Å². The third-order valence-corrected chi connectivity index (χ3v) is 4.35. The van der Waals surface area contributed by atoms with Crippen LogP contribution in [0, 0.1) is 0 Å². The molecule has 120 valence electrons. The lowest BCUT2D eigenvalue weighted by Gasteiger charge is -2.14. The number of rotatable bonds is 7. The first-order chi connectivity index (χ1) is 11.0. The van der Waals surface area contributed by atoms with E-state index in [1.54, 1.807) is 18.2 Å². The van der Waals surface area contributed by atoms with E-state index in [1.807, 2.05) is 18.2 Å². The molecule has 1 fully saturated rings. The van der Waals surface area contributed by atoms with Crippen LogP contribution in [0.15, 0.2) is 41.8 Å². The van der Waals surface area contributed by atoms with Crippen molar-refractivity contribution >= 4 is 46.3 Å². The second-order valence-corrected chi connectivity index (χ2v) is 6.27. The van der Waals surface area contributed by atoms with Crippen LogP contribution in [0.2, 0.25) is 0 Å². The number of amides is 1. The summed E-state index contributed by atoms with van der Waals surface area (Å²) in [5.41, 5.74) is 0.745. The summed E-state index contributed by atoms with van der Waals surface area (Å²) < 4.78 is 5.89. The number of carbonyl (C=O) groups is 2. The first-order valence-electron chi connectivity index (χ1n) is 6.81. The minimum absolute atomic E-state index is 0.0128. The van der Waals surface area contributed by atoms with E-state index in [0.717, 1.165) is 17.3 Å². The zero-order valence-electron chi connectivity index (χ0n) is 12.2. The standard InChI is InChI=1S/C16H15NO4S2/c1-2-9-21-12-6-4-3-5-11(12)10-13-15(20)17(16(22)23-13)8-7-14(18)19/h2-6,10H,1,7-9H2,(H,18,19)/p-1/b13-10+. The van der Waals surface area contributed by atoms with Crippen molar-refractivity contribution in [2.75, 3.05) is 13.2 Å². The van der Waals surface area contributed by atoms with Gasteiger partial charge in [0.25, 0.3) is 5.91 Å². The molecule has 1 saturated heterocycles. The molecule has 1 heterocycles. The van der Waals surface area contributed by atoms with Crippen LogP contribution in [0.5, 0.6) is 5.75 Å². The van der Waals surface area contributed by atoms with Crippen LogP contribution in [0.4, 0.5) is 0 Å². The third-order valence-electron chi connectivity index (χ3n) is 2.98. The van der Waals surface area contributed by atoms with E-state index in [4.69, 9.17) is 17.0 Å². The molecule has 0 saturated carbocycles. The number of carbonyl (C=O) groups excluding carboxylic acids is 2. The van der Waals surface area contributed by atoms with Crippen LogP contribution in [-0.2, 0) is 9.59 Å². The van der Waals surface area contributed by atoms with E-state index >= 15 is 0 Å². The Kier molecular flexibility index (Phi) is 5.95. The largest absolute Gasteiger partial charge is 0.550 e. The van der Waals surface area contributed by atoms with Crippen molar-refractivity contribution in [2.45, 2.75) is 6.42 Å². The highest BCUT2D eigenvalue weighted by Crippen LogP contribution is 2.34. The van der Waals surface area contributed by atoms with Gasteiger partial charge in [-0.2, -0.15) is 0 Å². The molecule has 0 aliphatic carbocycles. The van der Waals surface area contributed by atoms with Crippen LogP contribution < -0.4 is 9.84 Å². The summed E-state index contributed by atoms with van der Waals surface area (Å²) in [6.45, 7) is 3.97. The van der Waals surface area contributed by atoms with Gasteiger partial charge in [0.05, 0.1) is 4.91 Å². The van der Waals surface area contributed by atoms with E-state index < -0.39 is 5.97 Å². The number of thioether (sulfide) groups is 1. The van der Waals surface area contributed by atoms with Crippen molar-refractivity contribution in [3.8, 4) is 5.75 Å². The number of nitrogens with zero attached hydrogens (tertiary/aromatic N) is 1. The fourth-order valence-corrected chi connectivity index (χ4v) is 3.22. The van der Waals surface area contributed by atoms with Gasteiger partial charge in [-0.25, -0.2) is 0 Å². The Morgan fingerprint density at radius 1 is 1.43 bits per heavy atom. The van der Waals surface area contributed by atoms with Gasteiger partial charge in [0, 0.05) is 24.5 Å². The molecular weight excluding hydrogens is 334 g/mol. The molecule has 2 rings (SSSR count). The quantitative estimate of drug-likeness (QED) is 0.423. The number of benzene rings is 1. The SMILES string of the molecule is C=CCOc1ccccc1/C=C1/SC(=S)N(CCC(=O)[O-])C1=O. The number of thiocarbonyl (C=S) groups is 1. The van der Waals surface area contributed by atoms with Gasteiger partial charge in [-0.3, -0.25) is 9.69 Å². The van der Waals surface area contributed by atoms with Gasteiger partial charge in [-0.05, 0) is 12.1 Å². The second kappa shape index (κ2) is 7.94. The van der Waals surface area contributed by atoms with Crippen molar-refractivity contribution < 1.29 is 19.4 Å². The van der Waals surface area contributed by atoms with Crippen LogP contribution >= 0.6 is 24.0 Å². The Morgan fingerprint density at radius 2 is 2.17 bits per heavy atom. The van der Waals surface area contributed by atoms with Gasteiger partial charge >= 0.3 is 0 Å². The third kappa shape index (κ3) is 4.43. The number of ether oxygens (including phenoxy) is 1. The molecule has 1 aliphatic rings. The predicted molar refractivity (Wildman–Crippen MR) is 91.6 cm³/mol. The van der Waals surface area contributed by atoms with E-state index in [1.165, 1.54) is 4.90 Å². The summed E-state index contributed by atoms with van der Waals surface area (Å²) in [5.74, 6) is -0.890. The average molecular weight is 348 g/mol. The molecule has 7 heteroatoms. The van der Waals surface area contributed by atoms with E-state index in [2.05, 4.69) is 6.58 Å². The lowest BCUT2D eigenvalue weighted by atomic mass is 10.2. The maximum absolute atomic E-state index is 12.3. The molecule has 1 aromatic carbocycles. The molecule has 1 aromatic rings. The van der Waals surface area contributed by atoms with Gasteiger partial charge in [-0.1, -0.05) is 54.8 Å². The number of para-hydroxylation sites is 1. The lowest BCUT2D eigenvalue weighted by Crippen LogP contribution is -2.33. The first-order valence-corrected chi connectivity index (χ1v) is 8.03. The van der Waals surface area contributed by atoms with Gasteiger partial charge in [0.15, 0.2) is 0 Å². The summed E-state index contributed by atoms with van der Waals surface area (Å²) in [7, 11) is 0. The van der Waals surface area contributed by atoms with Crippen molar-refractivity contribution in [1.29, 1.82) is 0 Å². The molecule has 1 amide bonds. The normalized spacial score (nSPS) is 16.0. The predicted octanol–water partition coefficient (Wildman–Crippen LogP) is 1.59. The zero-order chi connectivity index (χ0) is 16.8. The molecule has 0 unspecified atom stereocenters. The minimum Gasteiger partial charge on any atom is -0.550 e. The van der Waals surface area contributed by atoms with Crippen LogP contribution in [0.3, 0.4) is 0 Å². The molecule has 1 aliphatic heterocycles. The highest BCUT2D eigenvalue weighted by molar-refractivity contribution is 8.26. The minimum atomic E-state index is -1.22. The number of carboxylic acids is 1. The highest BCUT2D eigenvalue weighted by atomic mass is 32.2. The van der Waals surface area contributed by atoms with Gasteiger partial charge in [-0.15, -0.1) is 0 Å². The Hall–Kier alpha value is -2.12. The van der Waals surface area contributed by atoms with Crippen molar-refractivity contribution in [2.24, 2.45) is 0 Å². The number of aliphatic carboxylic acids is 1. The summed E-state index contributed by atoms with van der Waals surface area (Å²) in [4.78, 5) is 24.6. The fourth-order valence-electron chi connectivity index (χ4n) is 1.92. The summed E-state index contributed by atoms with van der Waals surface area (Å²) in [6, 6.07) is 7.29. The average Bonchev–Trinajstić information content (AvgIpc) is 2.78. The second-order valence-electron chi connectivity index (χ2n) is 4.59. The maximum Gasteiger partial charge on any atom is 0.266 e. The van der Waals surface area contributed by atoms with Crippen molar-refractivity contribution in [3.63, 3.8) is 0 Å². The van der Waals surface area contributed by atoms with E-state index in [0.29, 0.717) is 21.6 Å². The number of hydrogen-bond acceptors (Lipinski definition) is 6. The lowest BCUT2D eigenvalue weighted by molar-refractivity contribution is -0.305. The van der Waals surface area contributed by atoms with E-state index in [-0.39, 0.29) is 18.9 Å². The molecule has 0 N–H and O–H groups in total. The molecule has 23 heavy (non-hydrogen) atoms. The molecular formula is C16H14NO4S2-.